The normalized spacial score (nSPS) is 17.9. The van der Waals surface area contributed by atoms with Gasteiger partial charge in [0.2, 0.25) is 0 Å². The molecule has 0 N–H and O–H groups in total. The Labute approximate surface area is 108 Å². The van der Waals surface area contributed by atoms with Gasteiger partial charge in [-0.25, -0.2) is 0 Å². The largest absolute Gasteiger partial charge is 0.0901 e. The van der Waals surface area contributed by atoms with E-state index in [1.165, 1.54) is 51.1 Å². The maximum absolute atomic E-state index is 2.39. The predicted molar refractivity (Wildman–Crippen MR) is 80.0 cm³/mol. The van der Waals surface area contributed by atoms with Gasteiger partial charge in [0.05, 0.1) is 0 Å². The highest BCUT2D eigenvalue weighted by molar-refractivity contribution is 7.47. The van der Waals surface area contributed by atoms with Gasteiger partial charge in [-0.15, -0.1) is 0 Å². The molecule has 1 aromatic carbocycles. The summed E-state index contributed by atoms with van der Waals surface area (Å²) in [5.74, 6) is 0.870. The number of hydrogen-bond donors (Lipinski definition) is 0. The zero-order valence-corrected chi connectivity index (χ0v) is 12.0. The Morgan fingerprint density at radius 1 is 1.12 bits per heavy atom. The Morgan fingerprint density at radius 2 is 1.88 bits per heavy atom. The molecule has 1 aromatic rings. The average Bonchev–Trinajstić information content (AvgIpc) is 2.41. The van der Waals surface area contributed by atoms with Crippen LogP contribution in [0, 0.1) is 0 Å². The van der Waals surface area contributed by atoms with Crippen molar-refractivity contribution < 1.29 is 0 Å². The monoisotopic (exact) mass is 248 g/mol. The van der Waals surface area contributed by atoms with E-state index in [2.05, 4.69) is 31.2 Å². The van der Waals surface area contributed by atoms with E-state index in [0.717, 1.165) is 14.5 Å². The fourth-order valence-corrected chi connectivity index (χ4v) is 4.33. The zero-order valence-electron chi connectivity index (χ0n) is 11.0. The fourth-order valence-electron chi connectivity index (χ4n) is 2.83. The van der Waals surface area contributed by atoms with Gasteiger partial charge in [-0.05, 0) is 42.2 Å². The summed E-state index contributed by atoms with van der Waals surface area (Å²) in [6.07, 6.45) is 11.3. The number of rotatable bonds is 5. The van der Waals surface area contributed by atoms with E-state index in [0.29, 0.717) is 0 Å². The van der Waals surface area contributed by atoms with Crippen molar-refractivity contribution in [3.05, 3.63) is 29.8 Å². The van der Waals surface area contributed by atoms with E-state index in [-0.39, 0.29) is 0 Å². The van der Waals surface area contributed by atoms with Crippen LogP contribution in [0.5, 0.6) is 0 Å². The molecule has 0 heterocycles. The Bertz CT molecular complexity index is 326. The number of unbranched alkanes of at least 4 members (excludes halogenated alkanes) is 1. The molecule has 0 aromatic heterocycles. The molecule has 0 amide bonds. The van der Waals surface area contributed by atoms with Crippen LogP contribution in [0.4, 0.5) is 0 Å². The first-order valence-corrected chi connectivity index (χ1v) is 8.45. The molecule has 0 radical (unpaired) electrons. The minimum absolute atomic E-state index is 0.870. The van der Waals surface area contributed by atoms with Crippen molar-refractivity contribution in [2.24, 2.45) is 0 Å². The van der Waals surface area contributed by atoms with Gasteiger partial charge >= 0.3 is 0 Å². The predicted octanol–water partition coefficient (Wildman–Crippen LogP) is 4.84. The molecule has 0 spiro atoms. The van der Waals surface area contributed by atoms with E-state index >= 15 is 0 Å². The van der Waals surface area contributed by atoms with Crippen molar-refractivity contribution in [2.45, 2.75) is 57.8 Å². The number of hydrogen-bond acceptors (Lipinski definition) is 0. The highest BCUT2D eigenvalue weighted by Gasteiger charge is 2.17. The third-order valence-electron chi connectivity index (χ3n) is 3.85. The van der Waals surface area contributed by atoms with Gasteiger partial charge in [0.25, 0.3) is 0 Å². The van der Waals surface area contributed by atoms with Crippen LogP contribution >= 0.6 is 8.58 Å². The van der Waals surface area contributed by atoms with E-state index in [4.69, 9.17) is 0 Å². The molecule has 2 rings (SSSR count). The van der Waals surface area contributed by atoms with E-state index in [1.807, 2.05) is 0 Å². The molecule has 1 atom stereocenters. The summed E-state index contributed by atoms with van der Waals surface area (Å²) in [4.78, 5) is 0. The molecule has 1 saturated carbocycles. The smallest absolute Gasteiger partial charge is 0.0156 e. The Kier molecular flexibility index (Phi) is 5.52. The van der Waals surface area contributed by atoms with Crippen molar-refractivity contribution in [1.82, 2.24) is 0 Å². The Hall–Kier alpha value is -0.350. The van der Waals surface area contributed by atoms with Crippen molar-refractivity contribution in [3.63, 3.8) is 0 Å². The maximum atomic E-state index is 2.39. The third kappa shape index (κ3) is 3.81. The summed E-state index contributed by atoms with van der Waals surface area (Å²) in [7, 11) is 1.03. The fraction of sp³-hybridized carbons (Fsp3) is 0.625. The lowest BCUT2D eigenvalue weighted by atomic mass is 9.84. The minimum Gasteiger partial charge on any atom is -0.0901 e. The van der Waals surface area contributed by atoms with Crippen LogP contribution in [0.15, 0.2) is 24.3 Å². The highest BCUT2D eigenvalue weighted by Crippen LogP contribution is 2.33. The molecule has 1 heteroatoms. The zero-order chi connectivity index (χ0) is 11.9. The lowest BCUT2D eigenvalue weighted by Gasteiger charge is -2.24. The molecule has 17 heavy (non-hydrogen) atoms. The van der Waals surface area contributed by atoms with Crippen LogP contribution in [0.1, 0.15) is 63.4 Å². The Balaban J connectivity index is 2.03. The standard InChI is InChI=1S/C16H25P/c1-2-3-13-17-16-12-8-7-11-15(16)14-9-5-4-6-10-14/h7-8,11-12,14,17H,2-6,9-10,13H2,1H3. The molecule has 1 aliphatic rings. The van der Waals surface area contributed by atoms with Crippen molar-refractivity contribution in [3.8, 4) is 0 Å². The summed E-state index contributed by atoms with van der Waals surface area (Å²) in [6, 6.07) is 9.22. The van der Waals surface area contributed by atoms with Crippen molar-refractivity contribution in [1.29, 1.82) is 0 Å². The molecule has 94 valence electrons. The molecule has 1 fully saturated rings. The second-order valence-electron chi connectivity index (χ2n) is 5.20. The molecule has 1 unspecified atom stereocenters. The van der Waals surface area contributed by atoms with Crippen LogP contribution < -0.4 is 5.30 Å². The van der Waals surface area contributed by atoms with Crippen LogP contribution in [0.3, 0.4) is 0 Å². The van der Waals surface area contributed by atoms with Gasteiger partial charge in [0.15, 0.2) is 0 Å². The molecule has 0 saturated heterocycles. The summed E-state index contributed by atoms with van der Waals surface area (Å²) >= 11 is 0. The molecular weight excluding hydrogens is 223 g/mol. The SMILES string of the molecule is CCCCPc1ccccc1C1CCCCC1. The summed E-state index contributed by atoms with van der Waals surface area (Å²) in [5, 5.41) is 1.66. The van der Waals surface area contributed by atoms with Crippen molar-refractivity contribution >= 4 is 13.9 Å². The summed E-state index contributed by atoms with van der Waals surface area (Å²) < 4.78 is 0. The number of benzene rings is 1. The molecule has 1 aliphatic carbocycles. The van der Waals surface area contributed by atoms with Crippen molar-refractivity contribution in [2.75, 3.05) is 6.16 Å². The highest BCUT2D eigenvalue weighted by atomic mass is 31.1. The second kappa shape index (κ2) is 7.17. The quantitative estimate of drug-likeness (QED) is 0.516. The van der Waals surface area contributed by atoms with Crippen LogP contribution in [-0.2, 0) is 0 Å². The van der Waals surface area contributed by atoms with Gasteiger partial charge in [-0.1, -0.05) is 65.5 Å². The van der Waals surface area contributed by atoms with Gasteiger partial charge in [0.1, 0.15) is 0 Å². The summed E-state index contributed by atoms with van der Waals surface area (Å²) in [6.45, 7) is 2.29. The Morgan fingerprint density at radius 3 is 2.65 bits per heavy atom. The summed E-state index contributed by atoms with van der Waals surface area (Å²) in [5.41, 5.74) is 1.68. The first-order chi connectivity index (χ1) is 8.42. The lowest BCUT2D eigenvalue weighted by molar-refractivity contribution is 0.445. The minimum atomic E-state index is 0.870. The van der Waals surface area contributed by atoms with Gasteiger partial charge in [-0.3, -0.25) is 0 Å². The average molecular weight is 248 g/mol. The van der Waals surface area contributed by atoms with Gasteiger partial charge in [-0.2, -0.15) is 0 Å². The van der Waals surface area contributed by atoms with E-state index in [1.54, 1.807) is 10.9 Å². The first-order valence-electron chi connectivity index (χ1n) is 7.24. The van der Waals surface area contributed by atoms with Gasteiger partial charge in [0, 0.05) is 0 Å². The van der Waals surface area contributed by atoms with Crippen LogP contribution in [0.25, 0.3) is 0 Å². The molecular formula is C16H25P. The van der Waals surface area contributed by atoms with E-state index in [9.17, 15) is 0 Å². The second-order valence-corrected chi connectivity index (χ2v) is 6.59. The van der Waals surface area contributed by atoms with Crippen LogP contribution in [-0.4, -0.2) is 6.16 Å². The molecule has 0 bridgehead atoms. The van der Waals surface area contributed by atoms with E-state index < -0.39 is 0 Å². The first kappa shape index (κ1) is 13.1. The molecule has 0 nitrogen and oxygen atoms in total. The maximum Gasteiger partial charge on any atom is -0.0156 e. The third-order valence-corrected chi connectivity index (χ3v) is 5.29. The lowest BCUT2D eigenvalue weighted by Crippen LogP contribution is -2.13. The molecule has 0 aliphatic heterocycles. The van der Waals surface area contributed by atoms with Gasteiger partial charge < -0.3 is 0 Å². The van der Waals surface area contributed by atoms with Crippen LogP contribution in [0.2, 0.25) is 0 Å². The topological polar surface area (TPSA) is 0 Å².